The van der Waals surface area contributed by atoms with E-state index in [1.54, 1.807) is 0 Å². The Balaban J connectivity index is 2.90. The molecule has 0 amide bonds. The molecule has 12 heteroatoms. The summed E-state index contributed by atoms with van der Waals surface area (Å²) in [5.41, 5.74) is 0. The van der Waals surface area contributed by atoms with Gasteiger partial charge < -0.3 is 4.89 Å². The topological polar surface area (TPSA) is 55.8 Å². The predicted octanol–water partition coefficient (Wildman–Crippen LogP) is 4.29. The number of halogens is 7. The number of rotatable bonds is 3. The summed E-state index contributed by atoms with van der Waals surface area (Å²) in [6.07, 6.45) is -10.0. The normalized spacial score (nSPS) is 29.5. The zero-order chi connectivity index (χ0) is 17.2. The Bertz CT molecular complexity index is 426. The molecule has 2 unspecified atom stereocenters. The maximum Gasteiger partial charge on any atom is 0.472 e. The van der Waals surface area contributed by atoms with Crippen LogP contribution in [0.4, 0.5) is 30.7 Å². The molecule has 1 aliphatic rings. The Morgan fingerprint density at radius 2 is 1.64 bits per heavy atom. The zero-order valence-electron chi connectivity index (χ0n) is 11.1. The van der Waals surface area contributed by atoms with Crippen molar-refractivity contribution < 1.29 is 49.2 Å². The molecule has 0 aromatic rings. The summed E-state index contributed by atoms with van der Waals surface area (Å²) >= 11 is 0. The molecule has 1 fully saturated rings. The Kier molecular flexibility index (Phi) is 5.92. The number of alkyl halides is 7. The molecule has 2 atom stereocenters. The second-order valence-corrected chi connectivity index (χ2v) is 6.27. The van der Waals surface area contributed by atoms with Crippen molar-refractivity contribution in [1.29, 1.82) is 0 Å². The minimum absolute atomic E-state index is 0.154. The van der Waals surface area contributed by atoms with Crippen LogP contribution in [0.5, 0.6) is 0 Å². The van der Waals surface area contributed by atoms with E-state index in [9.17, 15) is 40.2 Å². The van der Waals surface area contributed by atoms with Gasteiger partial charge in [-0.2, -0.15) is 30.7 Å². The van der Waals surface area contributed by atoms with Crippen LogP contribution in [0.1, 0.15) is 32.1 Å². The summed E-state index contributed by atoms with van der Waals surface area (Å²) in [6.45, 7) is -0.213. The van der Waals surface area contributed by atoms with E-state index in [0.29, 0.717) is 12.8 Å². The molecule has 0 bridgehead atoms. The van der Waals surface area contributed by atoms with Gasteiger partial charge in [-0.3, -0.25) is 9.05 Å². The summed E-state index contributed by atoms with van der Waals surface area (Å²) in [6, 6.07) is 0. The molecule has 0 saturated carbocycles. The molecule has 0 aromatic carbocycles. The average Bonchev–Trinajstić information content (AvgIpc) is 2.37. The van der Waals surface area contributed by atoms with Crippen LogP contribution in [0.15, 0.2) is 0 Å². The highest BCUT2D eigenvalue weighted by atomic mass is 31.2. The Morgan fingerprint density at radius 3 is 2.18 bits per heavy atom. The van der Waals surface area contributed by atoms with Gasteiger partial charge in [-0.05, 0) is 12.8 Å². The highest BCUT2D eigenvalue weighted by molar-refractivity contribution is 7.47. The summed E-state index contributed by atoms with van der Waals surface area (Å²) in [7, 11) is -4.78. The number of phosphoric ester groups is 1. The summed E-state index contributed by atoms with van der Waals surface area (Å²) in [5.74, 6) is -11.8. The molecule has 1 aliphatic heterocycles. The Hall–Kier alpha value is -0.380. The minimum atomic E-state index is -6.45. The quantitative estimate of drug-likeness (QED) is 0.601. The SMILES string of the molecule is O=P1(O)OCCCCCC(CC(F)(F)C(F)(F)C(F)(F)F)O1. The molecule has 0 aromatic heterocycles. The first-order valence-corrected chi connectivity index (χ1v) is 7.76. The first kappa shape index (κ1) is 19.7. The Morgan fingerprint density at radius 1 is 1.05 bits per heavy atom. The maximum atomic E-state index is 13.3. The standard InChI is InChI=1S/C10H14F7O4P/c11-8(12,9(13,14)10(15,16)17)6-7-4-2-1-3-5-20-22(18,19)21-7/h7H,1-6H2,(H,18,19). The van der Waals surface area contributed by atoms with Crippen LogP contribution in [0.2, 0.25) is 0 Å². The van der Waals surface area contributed by atoms with Crippen molar-refractivity contribution in [2.24, 2.45) is 0 Å². The van der Waals surface area contributed by atoms with Gasteiger partial charge in [0.25, 0.3) is 0 Å². The van der Waals surface area contributed by atoms with Crippen LogP contribution in [0, 0.1) is 0 Å². The third-order valence-electron chi connectivity index (χ3n) is 3.01. The average molecular weight is 362 g/mol. The van der Waals surface area contributed by atoms with E-state index >= 15 is 0 Å². The molecule has 132 valence electrons. The van der Waals surface area contributed by atoms with Crippen molar-refractivity contribution in [3.63, 3.8) is 0 Å². The molecule has 0 spiro atoms. The van der Waals surface area contributed by atoms with Crippen LogP contribution < -0.4 is 0 Å². The van der Waals surface area contributed by atoms with Gasteiger partial charge in [0.2, 0.25) is 0 Å². The molecule has 1 rings (SSSR count). The monoisotopic (exact) mass is 362 g/mol. The van der Waals surface area contributed by atoms with Gasteiger partial charge in [-0.1, -0.05) is 12.8 Å². The van der Waals surface area contributed by atoms with Gasteiger partial charge >= 0.3 is 25.8 Å². The van der Waals surface area contributed by atoms with Crippen molar-refractivity contribution in [2.45, 2.75) is 56.2 Å². The molecule has 1 N–H and O–H groups in total. The lowest BCUT2D eigenvalue weighted by Gasteiger charge is -2.31. The van der Waals surface area contributed by atoms with E-state index in [4.69, 9.17) is 0 Å². The Labute approximate surface area is 121 Å². The fourth-order valence-electron chi connectivity index (χ4n) is 1.86. The van der Waals surface area contributed by atoms with Gasteiger partial charge in [0.05, 0.1) is 12.7 Å². The van der Waals surface area contributed by atoms with E-state index in [1.807, 2.05) is 0 Å². The fourth-order valence-corrected chi connectivity index (χ4v) is 2.84. The van der Waals surface area contributed by atoms with Gasteiger partial charge in [-0.15, -0.1) is 0 Å². The number of phosphoric acid groups is 1. The first-order chi connectivity index (χ1) is 9.79. The van der Waals surface area contributed by atoms with Crippen LogP contribution in [-0.4, -0.2) is 35.6 Å². The molecule has 1 heterocycles. The second-order valence-electron chi connectivity index (χ2n) is 4.86. The van der Waals surface area contributed by atoms with E-state index in [2.05, 4.69) is 9.05 Å². The molecule has 0 aliphatic carbocycles. The van der Waals surface area contributed by atoms with Crippen LogP contribution in [0.25, 0.3) is 0 Å². The zero-order valence-corrected chi connectivity index (χ0v) is 12.0. The van der Waals surface area contributed by atoms with E-state index in [0.717, 1.165) is 0 Å². The minimum Gasteiger partial charge on any atom is -0.302 e. The molecular weight excluding hydrogens is 348 g/mol. The molecule has 1 saturated heterocycles. The molecule has 4 nitrogen and oxygen atoms in total. The summed E-state index contributed by atoms with van der Waals surface area (Å²) < 4.78 is 108. The van der Waals surface area contributed by atoms with Crippen molar-refractivity contribution in [1.82, 2.24) is 0 Å². The van der Waals surface area contributed by atoms with Gasteiger partial charge in [0, 0.05) is 6.42 Å². The molecular formula is C10H14F7O4P. The maximum absolute atomic E-state index is 13.3. The summed E-state index contributed by atoms with van der Waals surface area (Å²) in [5, 5.41) is 0. The highest BCUT2D eigenvalue weighted by Gasteiger charge is 2.73. The third-order valence-corrected chi connectivity index (χ3v) is 4.08. The first-order valence-electron chi connectivity index (χ1n) is 6.27. The van der Waals surface area contributed by atoms with E-state index in [1.165, 1.54) is 0 Å². The highest BCUT2D eigenvalue weighted by Crippen LogP contribution is 2.52. The van der Waals surface area contributed by atoms with Crippen LogP contribution in [-0.2, 0) is 13.6 Å². The van der Waals surface area contributed by atoms with Crippen molar-refractivity contribution in [2.75, 3.05) is 6.61 Å². The van der Waals surface area contributed by atoms with Gasteiger partial charge in [0.1, 0.15) is 0 Å². The number of hydrogen-bond acceptors (Lipinski definition) is 3. The van der Waals surface area contributed by atoms with Crippen LogP contribution >= 0.6 is 7.82 Å². The van der Waals surface area contributed by atoms with Gasteiger partial charge in [0.15, 0.2) is 0 Å². The van der Waals surface area contributed by atoms with E-state index in [-0.39, 0.29) is 19.4 Å². The lowest BCUT2D eigenvalue weighted by molar-refractivity contribution is -0.358. The van der Waals surface area contributed by atoms with Crippen molar-refractivity contribution in [3.8, 4) is 0 Å². The lowest BCUT2D eigenvalue weighted by atomic mass is 10.00. The second kappa shape index (κ2) is 6.62. The van der Waals surface area contributed by atoms with Crippen LogP contribution in [0.3, 0.4) is 0 Å². The number of hydrogen-bond donors (Lipinski definition) is 1. The molecule has 22 heavy (non-hydrogen) atoms. The third kappa shape index (κ3) is 4.81. The van der Waals surface area contributed by atoms with Crippen molar-refractivity contribution >= 4 is 7.82 Å². The van der Waals surface area contributed by atoms with Gasteiger partial charge in [-0.25, -0.2) is 4.57 Å². The fraction of sp³-hybridized carbons (Fsp3) is 1.00. The summed E-state index contributed by atoms with van der Waals surface area (Å²) in [4.78, 5) is 9.19. The molecule has 0 radical (unpaired) electrons. The lowest BCUT2D eigenvalue weighted by Crippen LogP contribution is -2.53. The van der Waals surface area contributed by atoms with E-state index < -0.39 is 38.4 Å². The largest absolute Gasteiger partial charge is 0.472 e. The smallest absolute Gasteiger partial charge is 0.302 e. The predicted molar refractivity (Wildman–Crippen MR) is 59.7 cm³/mol. The van der Waals surface area contributed by atoms with Crippen molar-refractivity contribution in [3.05, 3.63) is 0 Å².